The number of ether oxygens (including phenoxy) is 1. The molecule has 1 atom stereocenters. The maximum Gasteiger partial charge on any atom is 0.430 e. The fraction of sp³-hybridized carbons (Fsp3) is 0.273. The van der Waals surface area contributed by atoms with Crippen LogP contribution in [0.1, 0.15) is 39.3 Å². The molecule has 188 valence electrons. The molecule has 0 aliphatic rings. The fourth-order valence-electron chi connectivity index (χ4n) is 3.02. The third-order valence-electron chi connectivity index (χ3n) is 4.52. The molecule has 1 amide bonds. The molecular formula is C22H21Cl2F2N3O4S2. The number of sulfonamides is 1. The molecule has 0 aliphatic heterocycles. The number of rotatable bonds is 6. The number of anilines is 2. The van der Waals surface area contributed by atoms with Gasteiger partial charge < -0.3 is 10.1 Å². The summed E-state index contributed by atoms with van der Waals surface area (Å²) in [7, 11) is -4.82. The molecule has 0 saturated carbocycles. The molecule has 0 aliphatic carbocycles. The molecule has 0 spiro atoms. The topological polar surface area (TPSA) is 88.6 Å². The van der Waals surface area contributed by atoms with Gasteiger partial charge in [0.05, 0.1) is 22.3 Å². The molecule has 3 rings (SSSR count). The Morgan fingerprint density at radius 3 is 2.46 bits per heavy atom. The first kappa shape index (κ1) is 27.1. The van der Waals surface area contributed by atoms with E-state index in [1.165, 1.54) is 29.1 Å². The summed E-state index contributed by atoms with van der Waals surface area (Å²) in [4.78, 5) is 15.8. The van der Waals surface area contributed by atoms with Crippen molar-refractivity contribution in [2.45, 2.75) is 44.2 Å². The van der Waals surface area contributed by atoms with Crippen molar-refractivity contribution < 1.29 is 26.7 Å². The van der Waals surface area contributed by atoms with Gasteiger partial charge in [0.2, 0.25) is 0 Å². The van der Waals surface area contributed by atoms with Crippen molar-refractivity contribution in [1.82, 2.24) is 4.98 Å². The highest BCUT2D eigenvalue weighted by atomic mass is 35.5. The Balaban J connectivity index is 2.00. The van der Waals surface area contributed by atoms with Crippen molar-refractivity contribution in [3.05, 3.63) is 68.5 Å². The van der Waals surface area contributed by atoms with E-state index in [9.17, 15) is 17.6 Å². The van der Waals surface area contributed by atoms with Crippen molar-refractivity contribution >= 4 is 62.2 Å². The molecule has 1 aromatic heterocycles. The molecule has 7 nitrogen and oxygen atoms in total. The van der Waals surface area contributed by atoms with Crippen molar-refractivity contribution in [2.24, 2.45) is 0 Å². The summed E-state index contributed by atoms with van der Waals surface area (Å²) in [6.45, 7) is 6.26. The van der Waals surface area contributed by atoms with E-state index in [0.717, 1.165) is 23.5 Å². The average molecular weight is 564 g/mol. The smallest absolute Gasteiger partial charge is 0.430 e. The second-order valence-electron chi connectivity index (χ2n) is 8.39. The summed E-state index contributed by atoms with van der Waals surface area (Å²) in [6.07, 6.45) is -1.26. The van der Waals surface area contributed by atoms with Crippen LogP contribution < -0.4 is 9.62 Å². The van der Waals surface area contributed by atoms with Crippen molar-refractivity contribution in [3.8, 4) is 0 Å². The number of amides is 1. The normalized spacial score (nSPS) is 12.8. The lowest BCUT2D eigenvalue weighted by Gasteiger charge is -2.26. The number of halogens is 4. The van der Waals surface area contributed by atoms with Crippen LogP contribution in [-0.4, -0.2) is 25.1 Å². The van der Waals surface area contributed by atoms with E-state index in [4.69, 9.17) is 27.9 Å². The van der Waals surface area contributed by atoms with Gasteiger partial charge in [0.1, 0.15) is 22.1 Å². The molecular weight excluding hydrogens is 543 g/mol. The van der Waals surface area contributed by atoms with Crippen LogP contribution in [0.5, 0.6) is 0 Å². The van der Waals surface area contributed by atoms with Crippen LogP contribution in [0.2, 0.25) is 10.0 Å². The number of carbonyl (C=O) groups is 1. The van der Waals surface area contributed by atoms with Crippen LogP contribution >= 0.6 is 34.5 Å². The van der Waals surface area contributed by atoms with Gasteiger partial charge in [0.15, 0.2) is 5.82 Å². The van der Waals surface area contributed by atoms with E-state index in [2.05, 4.69) is 10.3 Å². The Bertz CT molecular complexity index is 1350. The summed E-state index contributed by atoms with van der Waals surface area (Å²) in [5, 5.41) is 4.27. The average Bonchev–Trinajstić information content (AvgIpc) is 3.24. The lowest BCUT2D eigenvalue weighted by atomic mass is 10.1. The van der Waals surface area contributed by atoms with E-state index in [0.29, 0.717) is 5.02 Å². The molecule has 2 aromatic carbocycles. The number of hydrogen-bond donors (Lipinski definition) is 1. The van der Waals surface area contributed by atoms with Crippen molar-refractivity contribution in [2.75, 3.05) is 9.62 Å². The van der Waals surface area contributed by atoms with E-state index >= 15 is 4.39 Å². The monoisotopic (exact) mass is 563 g/mol. The number of thiazole rings is 1. The zero-order chi connectivity index (χ0) is 26.1. The van der Waals surface area contributed by atoms with E-state index in [-0.39, 0.29) is 26.4 Å². The lowest BCUT2D eigenvalue weighted by Crippen LogP contribution is -2.41. The van der Waals surface area contributed by atoms with Crippen LogP contribution in [0.25, 0.3) is 0 Å². The van der Waals surface area contributed by atoms with Gasteiger partial charge in [-0.1, -0.05) is 23.2 Å². The zero-order valence-electron chi connectivity index (χ0n) is 19.0. The first-order chi connectivity index (χ1) is 16.2. The molecule has 1 N–H and O–H groups in total. The first-order valence-electron chi connectivity index (χ1n) is 10.1. The second-order valence-corrected chi connectivity index (χ2v) is 11.7. The van der Waals surface area contributed by atoms with Gasteiger partial charge in [-0.15, -0.1) is 15.6 Å². The Morgan fingerprint density at radius 2 is 1.86 bits per heavy atom. The summed E-state index contributed by atoms with van der Waals surface area (Å²) in [5.41, 5.74) is 0.490. The SMILES string of the molecule is CC(Nc1cc(F)c(S(=O)(=O)N(C(=O)OC(C)(C)C)c2cscn2)cc1Cl)c1cc(Cl)ccc1F. The van der Waals surface area contributed by atoms with Crippen LogP contribution in [0.4, 0.5) is 25.1 Å². The third-order valence-corrected chi connectivity index (χ3v) is 7.33. The van der Waals surface area contributed by atoms with Gasteiger partial charge in [-0.2, -0.15) is 0 Å². The number of hydrogen-bond acceptors (Lipinski definition) is 7. The molecule has 13 heteroatoms. The molecule has 0 bridgehead atoms. The highest BCUT2D eigenvalue weighted by molar-refractivity contribution is 7.93. The molecule has 1 unspecified atom stereocenters. The summed E-state index contributed by atoms with van der Waals surface area (Å²) in [5.74, 6) is -1.99. The standard InChI is InChI=1S/C22H21Cl2F2N3O4S2/c1-12(14-7-13(23)5-6-16(14)25)28-18-9-17(26)19(8-15(18)24)35(31,32)29(20-10-34-11-27-20)21(30)33-22(2,3)4/h5-12,28H,1-4H3. The minimum absolute atomic E-state index is 0.00692. The number of benzene rings is 2. The minimum atomic E-state index is -4.82. The van der Waals surface area contributed by atoms with E-state index in [1.807, 2.05) is 0 Å². The highest BCUT2D eigenvalue weighted by Crippen LogP contribution is 2.34. The summed E-state index contributed by atoms with van der Waals surface area (Å²) < 4.78 is 61.6. The van der Waals surface area contributed by atoms with Crippen LogP contribution in [-0.2, 0) is 14.8 Å². The molecule has 35 heavy (non-hydrogen) atoms. The van der Waals surface area contributed by atoms with Gasteiger partial charge >= 0.3 is 6.09 Å². The van der Waals surface area contributed by atoms with Gasteiger partial charge in [0, 0.05) is 16.0 Å². The quantitative estimate of drug-likeness (QED) is 0.346. The van der Waals surface area contributed by atoms with Gasteiger partial charge in [0.25, 0.3) is 10.0 Å². The summed E-state index contributed by atoms with van der Waals surface area (Å²) >= 11 is 13.2. The Hall–Kier alpha value is -2.47. The molecule has 1 heterocycles. The number of carbonyl (C=O) groups excluding carboxylic acids is 1. The van der Waals surface area contributed by atoms with E-state index < -0.39 is 44.3 Å². The van der Waals surface area contributed by atoms with Crippen LogP contribution in [0.15, 0.2) is 46.1 Å². The van der Waals surface area contributed by atoms with Crippen molar-refractivity contribution in [1.29, 1.82) is 0 Å². The third kappa shape index (κ3) is 6.21. The predicted molar refractivity (Wildman–Crippen MR) is 133 cm³/mol. The van der Waals surface area contributed by atoms with Gasteiger partial charge in [-0.05, 0) is 58.0 Å². The second kappa shape index (κ2) is 10.3. The summed E-state index contributed by atoms with van der Waals surface area (Å²) in [6, 6.07) is 5.00. The minimum Gasteiger partial charge on any atom is -0.443 e. The predicted octanol–water partition coefficient (Wildman–Crippen LogP) is 7.03. The maximum atomic E-state index is 15.2. The Kier molecular flexibility index (Phi) is 7.95. The van der Waals surface area contributed by atoms with Crippen LogP contribution in [0.3, 0.4) is 0 Å². The largest absolute Gasteiger partial charge is 0.443 e. The number of nitrogens with one attached hydrogen (secondary N) is 1. The van der Waals surface area contributed by atoms with Crippen molar-refractivity contribution in [3.63, 3.8) is 0 Å². The van der Waals surface area contributed by atoms with Gasteiger partial charge in [-0.3, -0.25) is 0 Å². The van der Waals surface area contributed by atoms with Gasteiger partial charge in [-0.25, -0.2) is 27.0 Å². The Labute approximate surface area is 215 Å². The molecule has 3 aromatic rings. The zero-order valence-corrected chi connectivity index (χ0v) is 22.1. The lowest BCUT2D eigenvalue weighted by molar-refractivity contribution is 0.0608. The molecule has 0 radical (unpaired) electrons. The molecule has 0 fully saturated rings. The maximum absolute atomic E-state index is 15.2. The molecule has 0 saturated heterocycles. The van der Waals surface area contributed by atoms with Crippen LogP contribution in [0, 0.1) is 11.6 Å². The highest BCUT2D eigenvalue weighted by Gasteiger charge is 2.38. The fourth-order valence-corrected chi connectivity index (χ4v) is 5.41. The number of nitrogens with zero attached hydrogens (tertiary/aromatic N) is 2. The van der Waals surface area contributed by atoms with E-state index in [1.54, 1.807) is 27.7 Å². The number of aromatic nitrogens is 1. The Morgan fingerprint density at radius 1 is 1.17 bits per heavy atom. The first-order valence-corrected chi connectivity index (χ1v) is 13.2.